The normalized spacial score (nSPS) is 11.6. The van der Waals surface area contributed by atoms with E-state index in [1.807, 2.05) is 30.3 Å². The Balaban J connectivity index is 2.18. The fraction of sp³-hybridized carbons (Fsp3) is 0.654. The van der Waals surface area contributed by atoms with Crippen molar-refractivity contribution in [1.29, 1.82) is 0 Å². The summed E-state index contributed by atoms with van der Waals surface area (Å²) in [6.45, 7) is 4.40. The molecule has 0 saturated heterocycles. The molecule has 0 aliphatic carbocycles. The van der Waals surface area contributed by atoms with Gasteiger partial charge >= 0.3 is 5.97 Å². The maximum atomic E-state index is 12.5. The van der Waals surface area contributed by atoms with Gasteiger partial charge in [0.2, 0.25) is 11.8 Å². The Hall–Kier alpha value is -2.37. The van der Waals surface area contributed by atoms with Gasteiger partial charge in [-0.3, -0.25) is 14.4 Å². The summed E-state index contributed by atoms with van der Waals surface area (Å²) in [4.78, 5) is 35.9. The minimum absolute atomic E-state index is 0.0729. The maximum Gasteiger partial charge on any atom is 0.306 e. The summed E-state index contributed by atoms with van der Waals surface area (Å²) < 4.78 is 5.25. The highest BCUT2D eigenvalue weighted by Gasteiger charge is 2.20. The number of hydrogen-bond acceptors (Lipinski definition) is 4. The van der Waals surface area contributed by atoms with Gasteiger partial charge in [0.15, 0.2) is 0 Å². The van der Waals surface area contributed by atoms with Gasteiger partial charge in [0.05, 0.1) is 0 Å². The Morgan fingerprint density at radius 2 is 1.47 bits per heavy atom. The second-order valence-electron chi connectivity index (χ2n) is 8.41. The van der Waals surface area contributed by atoms with E-state index >= 15 is 0 Å². The molecule has 2 N–H and O–H groups in total. The molecule has 180 valence electrons. The van der Waals surface area contributed by atoms with Crippen LogP contribution in [0.1, 0.15) is 96.5 Å². The average Bonchev–Trinajstić information content (AvgIpc) is 2.79. The van der Waals surface area contributed by atoms with Gasteiger partial charge in [0.25, 0.3) is 0 Å². The highest BCUT2D eigenvalue weighted by molar-refractivity contribution is 5.87. The molecule has 0 aliphatic heterocycles. The van der Waals surface area contributed by atoms with Crippen molar-refractivity contribution < 1.29 is 19.1 Å². The van der Waals surface area contributed by atoms with Gasteiger partial charge in [-0.15, -0.1) is 0 Å². The number of carbonyl (C=O) groups excluding carboxylic acids is 3. The second kappa shape index (κ2) is 18.2. The number of carbonyl (C=O) groups is 3. The number of hydrogen-bond donors (Lipinski definition) is 2. The number of rotatable bonds is 18. The first-order chi connectivity index (χ1) is 15.5. The summed E-state index contributed by atoms with van der Waals surface area (Å²) in [7, 11) is 0. The van der Waals surface area contributed by atoms with Crippen molar-refractivity contribution in [2.75, 3.05) is 6.54 Å². The van der Waals surface area contributed by atoms with Crippen LogP contribution >= 0.6 is 0 Å². The molecule has 2 amide bonds. The van der Waals surface area contributed by atoms with E-state index in [0.717, 1.165) is 18.4 Å². The lowest BCUT2D eigenvalue weighted by Crippen LogP contribution is -2.46. The zero-order chi connectivity index (χ0) is 23.4. The molecule has 0 fully saturated rings. The Kier molecular flexibility index (Phi) is 15.8. The lowest BCUT2D eigenvalue weighted by atomic mass is 10.1. The molecule has 0 spiro atoms. The van der Waals surface area contributed by atoms with E-state index in [-0.39, 0.29) is 37.2 Å². The van der Waals surface area contributed by atoms with Crippen LogP contribution in [-0.4, -0.2) is 30.4 Å². The Bertz CT molecular complexity index is 648. The average molecular weight is 447 g/mol. The van der Waals surface area contributed by atoms with Gasteiger partial charge in [-0.1, -0.05) is 95.0 Å². The lowest BCUT2D eigenvalue weighted by molar-refractivity contribution is -0.145. The molecule has 6 nitrogen and oxygen atoms in total. The fourth-order valence-electron chi connectivity index (χ4n) is 3.53. The third-order valence-electron chi connectivity index (χ3n) is 5.40. The van der Waals surface area contributed by atoms with E-state index in [9.17, 15) is 14.4 Å². The topological polar surface area (TPSA) is 84.5 Å². The van der Waals surface area contributed by atoms with Crippen LogP contribution in [0.5, 0.6) is 0 Å². The molecule has 0 aliphatic rings. The zero-order valence-electron chi connectivity index (χ0n) is 20.0. The molecular formula is C26H42N2O4. The van der Waals surface area contributed by atoms with Gasteiger partial charge in [-0.2, -0.15) is 0 Å². The van der Waals surface area contributed by atoms with Crippen LogP contribution in [0.2, 0.25) is 0 Å². The summed E-state index contributed by atoms with van der Waals surface area (Å²) in [5.74, 6) is -0.916. The van der Waals surface area contributed by atoms with Crippen molar-refractivity contribution in [3.05, 3.63) is 35.9 Å². The summed E-state index contributed by atoms with van der Waals surface area (Å²) in [5.41, 5.74) is 0.911. The molecule has 1 atom stereocenters. The smallest absolute Gasteiger partial charge is 0.306 e. The molecule has 1 aromatic rings. The maximum absolute atomic E-state index is 12.5. The van der Waals surface area contributed by atoms with E-state index in [0.29, 0.717) is 6.54 Å². The van der Waals surface area contributed by atoms with Gasteiger partial charge in [0.1, 0.15) is 12.6 Å². The van der Waals surface area contributed by atoms with Crippen molar-refractivity contribution in [2.45, 2.75) is 104 Å². The first kappa shape index (κ1) is 27.7. The van der Waals surface area contributed by atoms with Crippen LogP contribution in [0.25, 0.3) is 0 Å². The predicted octanol–water partition coefficient (Wildman–Crippen LogP) is 5.05. The first-order valence-corrected chi connectivity index (χ1v) is 12.3. The highest BCUT2D eigenvalue weighted by Crippen LogP contribution is 2.10. The minimum atomic E-state index is -0.722. The van der Waals surface area contributed by atoms with Crippen molar-refractivity contribution in [2.24, 2.45) is 0 Å². The molecule has 0 unspecified atom stereocenters. The molecule has 32 heavy (non-hydrogen) atoms. The molecular weight excluding hydrogens is 404 g/mol. The highest BCUT2D eigenvalue weighted by atomic mass is 16.5. The van der Waals surface area contributed by atoms with Gasteiger partial charge < -0.3 is 15.4 Å². The SMILES string of the molecule is CCCCCCCCCCCCNC(=O)[C@H](CCC(=O)OCc1ccccc1)NC(C)=O. The summed E-state index contributed by atoms with van der Waals surface area (Å²) in [6, 6.07) is 8.71. The molecule has 0 aromatic heterocycles. The summed E-state index contributed by atoms with van der Waals surface area (Å²) in [5, 5.41) is 5.53. The van der Waals surface area contributed by atoms with E-state index in [4.69, 9.17) is 4.74 Å². The quantitative estimate of drug-likeness (QED) is 0.244. The Morgan fingerprint density at radius 3 is 2.06 bits per heavy atom. The third kappa shape index (κ3) is 14.6. The zero-order valence-corrected chi connectivity index (χ0v) is 20.0. The minimum Gasteiger partial charge on any atom is -0.461 e. The van der Waals surface area contributed by atoms with E-state index in [1.165, 1.54) is 58.3 Å². The van der Waals surface area contributed by atoms with Gasteiger partial charge in [-0.25, -0.2) is 0 Å². The van der Waals surface area contributed by atoms with Crippen molar-refractivity contribution in [3.63, 3.8) is 0 Å². The van der Waals surface area contributed by atoms with Crippen molar-refractivity contribution in [1.82, 2.24) is 10.6 Å². The second-order valence-corrected chi connectivity index (χ2v) is 8.41. The van der Waals surface area contributed by atoms with Gasteiger partial charge in [-0.05, 0) is 18.4 Å². The Morgan fingerprint density at radius 1 is 0.875 bits per heavy atom. The molecule has 6 heteroatoms. The number of nitrogens with one attached hydrogen (secondary N) is 2. The number of unbranched alkanes of at least 4 members (excludes halogenated alkanes) is 9. The van der Waals surface area contributed by atoms with Crippen LogP contribution < -0.4 is 10.6 Å². The molecule has 0 heterocycles. The standard InChI is InChI=1S/C26H42N2O4/c1-3-4-5-6-7-8-9-10-11-15-20-27-26(31)24(28-22(2)29)18-19-25(30)32-21-23-16-13-12-14-17-23/h12-14,16-17,24H,3-11,15,18-21H2,1-2H3,(H,27,31)(H,28,29)/t24-/m0/s1. The third-order valence-corrected chi connectivity index (χ3v) is 5.40. The van der Waals surface area contributed by atoms with E-state index in [2.05, 4.69) is 17.6 Å². The molecule has 0 bridgehead atoms. The van der Waals surface area contributed by atoms with E-state index in [1.54, 1.807) is 0 Å². The van der Waals surface area contributed by atoms with E-state index < -0.39 is 6.04 Å². The molecule has 1 aromatic carbocycles. The monoisotopic (exact) mass is 446 g/mol. The Labute approximate surface area is 193 Å². The summed E-state index contributed by atoms with van der Waals surface area (Å²) >= 11 is 0. The van der Waals surface area contributed by atoms with Crippen LogP contribution in [0.15, 0.2) is 30.3 Å². The largest absolute Gasteiger partial charge is 0.461 e. The number of amides is 2. The first-order valence-electron chi connectivity index (χ1n) is 12.3. The predicted molar refractivity (Wildman–Crippen MR) is 128 cm³/mol. The number of ether oxygens (including phenoxy) is 1. The molecule has 0 saturated carbocycles. The van der Waals surface area contributed by atoms with Crippen LogP contribution in [0.4, 0.5) is 0 Å². The lowest BCUT2D eigenvalue weighted by Gasteiger charge is -2.17. The number of benzene rings is 1. The van der Waals surface area contributed by atoms with Gasteiger partial charge in [0, 0.05) is 19.9 Å². The van der Waals surface area contributed by atoms with Crippen LogP contribution in [-0.2, 0) is 25.7 Å². The van der Waals surface area contributed by atoms with Crippen molar-refractivity contribution in [3.8, 4) is 0 Å². The van der Waals surface area contributed by atoms with Crippen LogP contribution in [0.3, 0.4) is 0 Å². The van der Waals surface area contributed by atoms with Crippen LogP contribution in [0, 0.1) is 0 Å². The number of esters is 1. The fourth-order valence-corrected chi connectivity index (χ4v) is 3.53. The van der Waals surface area contributed by atoms with Crippen molar-refractivity contribution >= 4 is 17.8 Å². The summed E-state index contributed by atoms with van der Waals surface area (Å²) in [6.07, 6.45) is 12.7. The molecule has 1 rings (SSSR count). The molecule has 0 radical (unpaired) electrons.